The van der Waals surface area contributed by atoms with Gasteiger partial charge in [0.2, 0.25) is 10.0 Å². The van der Waals surface area contributed by atoms with Gasteiger partial charge in [-0.3, -0.25) is 0 Å². The van der Waals surface area contributed by atoms with Crippen molar-refractivity contribution in [3.8, 4) is 0 Å². The summed E-state index contributed by atoms with van der Waals surface area (Å²) in [6.45, 7) is 0.311. The summed E-state index contributed by atoms with van der Waals surface area (Å²) in [5.41, 5.74) is 0.855. The van der Waals surface area contributed by atoms with E-state index < -0.39 is 19.1 Å². The highest BCUT2D eigenvalue weighted by molar-refractivity contribution is 8.13. The van der Waals surface area contributed by atoms with Gasteiger partial charge < -0.3 is 0 Å². The minimum absolute atomic E-state index is 0.0412. The van der Waals surface area contributed by atoms with Gasteiger partial charge in [0.15, 0.2) is 0 Å². The number of hydrogen-bond acceptors (Lipinski definition) is 4. The van der Waals surface area contributed by atoms with Crippen LogP contribution in [0.15, 0.2) is 29.2 Å². The van der Waals surface area contributed by atoms with Crippen molar-refractivity contribution < 1.29 is 16.8 Å². The van der Waals surface area contributed by atoms with E-state index in [4.69, 9.17) is 10.7 Å². The Balaban J connectivity index is 1.89. The topological polar surface area (TPSA) is 80.3 Å². The Labute approximate surface area is 130 Å². The molecule has 5 nitrogen and oxygen atoms in total. The summed E-state index contributed by atoms with van der Waals surface area (Å²) in [7, 11) is -1.71. The third-order valence-electron chi connectivity index (χ3n) is 3.66. The second-order valence-corrected chi connectivity index (χ2v) is 9.79. The fourth-order valence-corrected chi connectivity index (χ4v) is 4.82. The fourth-order valence-electron chi connectivity index (χ4n) is 2.47. The van der Waals surface area contributed by atoms with Gasteiger partial charge in [0.1, 0.15) is 0 Å². The fraction of sp³-hybridized carbons (Fsp3) is 0.538. The van der Waals surface area contributed by atoms with Crippen LogP contribution in [0.2, 0.25) is 0 Å². The predicted octanol–water partition coefficient (Wildman–Crippen LogP) is 2.02. The van der Waals surface area contributed by atoms with Crippen LogP contribution in [-0.4, -0.2) is 28.6 Å². The van der Waals surface area contributed by atoms with Crippen LogP contribution >= 0.6 is 10.7 Å². The molecule has 0 aliphatic heterocycles. The van der Waals surface area contributed by atoms with Crippen LogP contribution < -0.4 is 4.72 Å². The van der Waals surface area contributed by atoms with E-state index in [1.54, 1.807) is 12.1 Å². The predicted molar refractivity (Wildman–Crippen MR) is 82.4 cm³/mol. The molecule has 1 aliphatic carbocycles. The van der Waals surface area contributed by atoms with Crippen molar-refractivity contribution in [2.45, 2.75) is 42.2 Å². The van der Waals surface area contributed by atoms with Crippen molar-refractivity contribution in [2.24, 2.45) is 0 Å². The van der Waals surface area contributed by atoms with Crippen molar-refractivity contribution in [1.29, 1.82) is 0 Å². The monoisotopic (exact) mass is 351 g/mol. The van der Waals surface area contributed by atoms with Crippen molar-refractivity contribution in [1.82, 2.24) is 4.72 Å². The van der Waals surface area contributed by atoms with E-state index in [0.29, 0.717) is 13.0 Å². The zero-order valence-corrected chi connectivity index (χ0v) is 13.8. The highest BCUT2D eigenvalue weighted by atomic mass is 35.7. The summed E-state index contributed by atoms with van der Waals surface area (Å²) in [4.78, 5) is 0.0412. The molecular weight excluding hydrogens is 334 g/mol. The number of halogens is 1. The molecule has 1 aliphatic rings. The van der Waals surface area contributed by atoms with E-state index in [0.717, 1.165) is 31.2 Å². The molecule has 1 aromatic rings. The Morgan fingerprint density at radius 2 is 1.62 bits per heavy atom. The molecule has 1 N–H and O–H groups in total. The number of sulfonamides is 1. The molecule has 0 spiro atoms. The number of rotatable bonds is 6. The Morgan fingerprint density at radius 1 is 1.05 bits per heavy atom. The third-order valence-corrected chi connectivity index (χ3v) is 6.99. The molecule has 0 aromatic heterocycles. The highest BCUT2D eigenvalue weighted by Crippen LogP contribution is 2.23. The van der Waals surface area contributed by atoms with Gasteiger partial charge in [0.25, 0.3) is 9.05 Å². The van der Waals surface area contributed by atoms with E-state index in [9.17, 15) is 16.8 Å². The van der Waals surface area contributed by atoms with Crippen LogP contribution in [0.4, 0.5) is 0 Å². The van der Waals surface area contributed by atoms with E-state index in [1.165, 1.54) is 12.1 Å². The molecule has 0 radical (unpaired) electrons. The molecule has 1 aromatic carbocycles. The lowest BCUT2D eigenvalue weighted by molar-refractivity contribution is 0.564. The second-order valence-electron chi connectivity index (χ2n) is 5.18. The zero-order chi connectivity index (χ0) is 15.5. The van der Waals surface area contributed by atoms with Gasteiger partial charge in [-0.15, -0.1) is 0 Å². The van der Waals surface area contributed by atoms with Gasteiger partial charge in [-0.2, -0.15) is 0 Å². The summed E-state index contributed by atoms with van der Waals surface area (Å²) in [6.07, 6.45) is 3.92. The first kappa shape index (κ1) is 16.7. The summed E-state index contributed by atoms with van der Waals surface area (Å²) < 4.78 is 48.8. The highest BCUT2D eigenvalue weighted by Gasteiger charge is 2.27. The van der Waals surface area contributed by atoms with Crippen LogP contribution in [0, 0.1) is 0 Å². The summed E-state index contributed by atoms with van der Waals surface area (Å²) in [5.74, 6) is 0. The van der Waals surface area contributed by atoms with Crippen molar-refractivity contribution in [3.63, 3.8) is 0 Å². The molecule has 0 atom stereocenters. The molecule has 0 unspecified atom stereocenters. The lowest BCUT2D eigenvalue weighted by atomic mass is 10.2. The second kappa shape index (κ2) is 6.64. The number of hydrogen-bond donors (Lipinski definition) is 1. The van der Waals surface area contributed by atoms with Crippen LogP contribution in [0.25, 0.3) is 0 Å². The van der Waals surface area contributed by atoms with E-state index >= 15 is 0 Å². The maximum atomic E-state index is 12.0. The molecule has 1 saturated carbocycles. The first-order chi connectivity index (χ1) is 9.79. The van der Waals surface area contributed by atoms with Gasteiger partial charge >= 0.3 is 0 Å². The van der Waals surface area contributed by atoms with E-state index in [-0.39, 0.29) is 10.1 Å². The minimum atomic E-state index is -3.71. The number of benzene rings is 1. The molecule has 0 heterocycles. The largest absolute Gasteiger partial charge is 0.261 e. The van der Waals surface area contributed by atoms with E-state index in [1.807, 2.05) is 0 Å². The van der Waals surface area contributed by atoms with Gasteiger partial charge in [-0.25, -0.2) is 21.6 Å². The Morgan fingerprint density at radius 3 is 2.14 bits per heavy atom. The van der Waals surface area contributed by atoms with Gasteiger partial charge in [-0.1, -0.05) is 25.0 Å². The molecule has 118 valence electrons. The lowest BCUT2D eigenvalue weighted by Gasteiger charge is -2.12. The minimum Gasteiger partial charge on any atom is -0.215 e. The quantitative estimate of drug-likeness (QED) is 0.795. The molecule has 1 fully saturated rings. The average molecular weight is 352 g/mol. The smallest absolute Gasteiger partial charge is 0.215 e. The molecule has 8 heteroatoms. The van der Waals surface area contributed by atoms with Crippen LogP contribution in [0.3, 0.4) is 0 Å². The summed E-state index contributed by atoms with van der Waals surface area (Å²) in [5, 5.41) is -0.263. The maximum absolute atomic E-state index is 12.0. The molecule has 2 rings (SSSR count). The van der Waals surface area contributed by atoms with Gasteiger partial charge in [-0.05, 0) is 37.0 Å². The SMILES string of the molecule is O=S(=O)(Cl)c1ccc(CCNS(=O)(=O)C2CCCC2)cc1. The molecule has 0 saturated heterocycles. The van der Waals surface area contributed by atoms with E-state index in [2.05, 4.69) is 4.72 Å². The van der Waals surface area contributed by atoms with Gasteiger partial charge in [0, 0.05) is 17.2 Å². The summed E-state index contributed by atoms with van der Waals surface area (Å²) >= 11 is 0. The Hall–Kier alpha value is -0.630. The summed E-state index contributed by atoms with van der Waals surface area (Å²) in [6, 6.07) is 6.12. The number of nitrogens with one attached hydrogen (secondary N) is 1. The average Bonchev–Trinajstić information content (AvgIpc) is 2.92. The van der Waals surface area contributed by atoms with Crippen LogP contribution in [0.5, 0.6) is 0 Å². The Kier molecular flexibility index (Phi) is 5.29. The van der Waals surface area contributed by atoms with Crippen LogP contribution in [0.1, 0.15) is 31.2 Å². The van der Waals surface area contributed by atoms with Crippen molar-refractivity contribution >= 4 is 29.8 Å². The maximum Gasteiger partial charge on any atom is 0.261 e. The van der Waals surface area contributed by atoms with Crippen molar-refractivity contribution in [2.75, 3.05) is 6.54 Å². The molecular formula is C13H18ClNO4S2. The van der Waals surface area contributed by atoms with Gasteiger partial charge in [0.05, 0.1) is 10.1 Å². The Bertz CT molecular complexity index is 677. The standard InChI is InChI=1S/C13H18ClNO4S2/c14-20(16,17)12-7-5-11(6-8-12)9-10-15-21(18,19)13-3-1-2-4-13/h5-8,13,15H,1-4,9-10H2. The van der Waals surface area contributed by atoms with Crippen molar-refractivity contribution in [3.05, 3.63) is 29.8 Å². The molecule has 0 amide bonds. The third kappa shape index (κ3) is 4.67. The first-order valence-electron chi connectivity index (χ1n) is 6.81. The van der Waals surface area contributed by atoms with Crippen LogP contribution in [-0.2, 0) is 25.5 Å². The molecule has 21 heavy (non-hydrogen) atoms. The molecule has 0 bridgehead atoms. The zero-order valence-electron chi connectivity index (χ0n) is 11.5. The lowest BCUT2D eigenvalue weighted by Crippen LogP contribution is -2.34. The first-order valence-corrected chi connectivity index (χ1v) is 10.7. The normalized spacial score (nSPS) is 17.2.